The highest BCUT2D eigenvalue weighted by Gasteiger charge is 2.13. The molecule has 0 unspecified atom stereocenters. The predicted molar refractivity (Wildman–Crippen MR) is 79.1 cm³/mol. The molecule has 0 radical (unpaired) electrons. The summed E-state index contributed by atoms with van der Waals surface area (Å²) in [5.41, 5.74) is 0.368. The van der Waals surface area contributed by atoms with Gasteiger partial charge in [0, 0.05) is 23.3 Å². The third-order valence-corrected chi connectivity index (χ3v) is 3.22. The van der Waals surface area contributed by atoms with Crippen LogP contribution in [0.3, 0.4) is 0 Å². The quantitative estimate of drug-likeness (QED) is 0.799. The fourth-order valence-corrected chi connectivity index (χ4v) is 2.22. The molecule has 2 aromatic carbocycles. The lowest BCUT2D eigenvalue weighted by molar-refractivity contribution is 0.433. The molecule has 0 aliphatic carbocycles. The summed E-state index contributed by atoms with van der Waals surface area (Å²) in [7, 11) is 0. The van der Waals surface area contributed by atoms with Gasteiger partial charge in [0.05, 0.1) is 0 Å². The van der Waals surface area contributed by atoms with Gasteiger partial charge in [-0.15, -0.1) is 0 Å². The van der Waals surface area contributed by atoms with Crippen molar-refractivity contribution < 1.29 is 23.4 Å². The molecule has 0 amide bonds. The molecule has 5 heteroatoms. The zero-order valence-electron chi connectivity index (χ0n) is 12.1. The normalized spacial score (nSPS) is 11.5. The maximum atomic E-state index is 13.5. The van der Waals surface area contributed by atoms with E-state index in [1.165, 1.54) is 18.2 Å². The van der Waals surface area contributed by atoms with Gasteiger partial charge >= 0.3 is 0 Å². The number of aromatic hydroxyl groups is 2. The lowest BCUT2D eigenvalue weighted by Gasteiger charge is -2.11. The van der Waals surface area contributed by atoms with Crippen molar-refractivity contribution in [1.29, 1.82) is 0 Å². The molecule has 2 N–H and O–H groups in total. The van der Waals surface area contributed by atoms with Crippen molar-refractivity contribution in [2.75, 3.05) is 0 Å². The van der Waals surface area contributed by atoms with Gasteiger partial charge in [-0.25, -0.2) is 13.2 Å². The van der Waals surface area contributed by atoms with Crippen molar-refractivity contribution in [1.82, 2.24) is 0 Å². The number of rotatable bonds is 3. The highest BCUT2D eigenvalue weighted by Crippen LogP contribution is 2.35. The summed E-state index contributed by atoms with van der Waals surface area (Å²) in [4.78, 5) is 0. The molecule has 0 fully saturated rings. The van der Waals surface area contributed by atoms with E-state index in [9.17, 15) is 23.4 Å². The third-order valence-electron chi connectivity index (χ3n) is 3.22. The van der Waals surface area contributed by atoms with Crippen molar-refractivity contribution in [3.05, 3.63) is 58.4 Å². The van der Waals surface area contributed by atoms with Crippen molar-refractivity contribution in [2.24, 2.45) is 0 Å². The molecule has 0 aromatic heterocycles. The Morgan fingerprint density at radius 1 is 0.864 bits per heavy atom. The van der Waals surface area contributed by atoms with Crippen LogP contribution >= 0.6 is 0 Å². The molecular weight excluding hydrogens is 293 g/mol. The van der Waals surface area contributed by atoms with Crippen LogP contribution < -0.4 is 0 Å². The standard InChI is InChI=1S/C17H15F3O2/c1-9(2)17-15(21)5-10(6-16(17)22)3-4-12-13(19)7-11(18)8-14(12)20/h3-9,21-22H,1-2H3. The molecule has 0 atom stereocenters. The molecule has 116 valence electrons. The Bertz CT molecular complexity index is 691. The van der Waals surface area contributed by atoms with E-state index < -0.39 is 23.0 Å². The molecular formula is C17H15F3O2. The summed E-state index contributed by atoms with van der Waals surface area (Å²) in [6.45, 7) is 3.63. The van der Waals surface area contributed by atoms with E-state index in [1.54, 1.807) is 0 Å². The number of benzene rings is 2. The second-order valence-corrected chi connectivity index (χ2v) is 5.24. The summed E-state index contributed by atoms with van der Waals surface area (Å²) in [6, 6.07) is 3.93. The van der Waals surface area contributed by atoms with Gasteiger partial charge in [-0.3, -0.25) is 0 Å². The van der Waals surface area contributed by atoms with Crippen molar-refractivity contribution in [2.45, 2.75) is 19.8 Å². The predicted octanol–water partition coefficient (Wildman–Crippen LogP) is 4.81. The van der Waals surface area contributed by atoms with Crippen LogP contribution in [0.1, 0.15) is 36.5 Å². The number of hydrogen-bond acceptors (Lipinski definition) is 2. The van der Waals surface area contributed by atoms with Gasteiger partial charge < -0.3 is 10.2 Å². The van der Waals surface area contributed by atoms with E-state index in [1.807, 2.05) is 13.8 Å². The molecule has 0 saturated heterocycles. The van der Waals surface area contributed by atoms with Gasteiger partial charge in [0.2, 0.25) is 0 Å². The van der Waals surface area contributed by atoms with Gasteiger partial charge in [0.25, 0.3) is 0 Å². The van der Waals surface area contributed by atoms with Crippen molar-refractivity contribution in [3.63, 3.8) is 0 Å². The van der Waals surface area contributed by atoms with E-state index in [0.29, 0.717) is 23.3 Å². The average Bonchev–Trinajstić information content (AvgIpc) is 2.35. The van der Waals surface area contributed by atoms with Crippen LogP contribution in [0.25, 0.3) is 12.2 Å². The smallest absolute Gasteiger partial charge is 0.136 e. The Kier molecular flexibility index (Phi) is 4.45. The zero-order chi connectivity index (χ0) is 16.4. The summed E-state index contributed by atoms with van der Waals surface area (Å²) in [5, 5.41) is 19.8. The maximum Gasteiger partial charge on any atom is 0.136 e. The number of halogens is 3. The first-order chi connectivity index (χ1) is 10.3. The number of phenols is 2. The molecule has 2 nitrogen and oxygen atoms in total. The summed E-state index contributed by atoms with van der Waals surface area (Å²) in [6.07, 6.45) is 2.44. The van der Waals surface area contributed by atoms with E-state index in [4.69, 9.17) is 0 Å². The topological polar surface area (TPSA) is 40.5 Å². The lowest BCUT2D eigenvalue weighted by atomic mass is 9.98. The molecule has 0 aliphatic rings. The van der Waals surface area contributed by atoms with Crippen LogP contribution in [0.5, 0.6) is 11.5 Å². The molecule has 0 heterocycles. The maximum absolute atomic E-state index is 13.5. The third kappa shape index (κ3) is 3.24. The minimum absolute atomic E-state index is 0.0787. The van der Waals surface area contributed by atoms with E-state index >= 15 is 0 Å². The van der Waals surface area contributed by atoms with Gasteiger partial charge in [-0.1, -0.05) is 19.9 Å². The second-order valence-electron chi connectivity index (χ2n) is 5.24. The van der Waals surface area contributed by atoms with Gasteiger partial charge in [0.15, 0.2) is 0 Å². The van der Waals surface area contributed by atoms with Crippen LogP contribution in [-0.4, -0.2) is 10.2 Å². The number of hydrogen-bond donors (Lipinski definition) is 2. The summed E-state index contributed by atoms with van der Waals surface area (Å²) >= 11 is 0. The molecule has 0 aliphatic heterocycles. The highest BCUT2D eigenvalue weighted by atomic mass is 19.1. The Labute approximate surface area is 126 Å². The van der Waals surface area contributed by atoms with E-state index in [0.717, 1.165) is 6.08 Å². The Hall–Kier alpha value is -2.43. The van der Waals surface area contributed by atoms with Crippen molar-refractivity contribution >= 4 is 12.2 Å². The van der Waals surface area contributed by atoms with Crippen molar-refractivity contribution in [3.8, 4) is 11.5 Å². The van der Waals surface area contributed by atoms with Gasteiger partial charge in [-0.2, -0.15) is 0 Å². The zero-order valence-corrected chi connectivity index (χ0v) is 12.1. The molecule has 0 spiro atoms. The first-order valence-electron chi connectivity index (χ1n) is 6.68. The van der Waals surface area contributed by atoms with Gasteiger partial charge in [0.1, 0.15) is 29.0 Å². The Morgan fingerprint density at radius 3 is 1.82 bits per heavy atom. The van der Waals surface area contributed by atoms with E-state index in [-0.39, 0.29) is 17.4 Å². The fourth-order valence-electron chi connectivity index (χ4n) is 2.22. The Balaban J connectivity index is 2.40. The van der Waals surface area contributed by atoms with Crippen LogP contribution in [-0.2, 0) is 0 Å². The highest BCUT2D eigenvalue weighted by molar-refractivity contribution is 5.72. The monoisotopic (exact) mass is 308 g/mol. The Morgan fingerprint density at radius 2 is 1.36 bits per heavy atom. The van der Waals surface area contributed by atoms with E-state index in [2.05, 4.69) is 0 Å². The van der Waals surface area contributed by atoms with Crippen LogP contribution in [0, 0.1) is 17.5 Å². The average molecular weight is 308 g/mol. The van der Waals surface area contributed by atoms with Gasteiger partial charge in [-0.05, 0) is 29.7 Å². The summed E-state index contributed by atoms with van der Waals surface area (Å²) < 4.78 is 39.9. The molecule has 22 heavy (non-hydrogen) atoms. The molecule has 0 bridgehead atoms. The first-order valence-corrected chi connectivity index (χ1v) is 6.68. The molecule has 0 saturated carbocycles. The largest absolute Gasteiger partial charge is 0.507 e. The molecule has 2 aromatic rings. The lowest BCUT2D eigenvalue weighted by Crippen LogP contribution is -1.92. The minimum Gasteiger partial charge on any atom is -0.507 e. The number of phenolic OH excluding ortho intramolecular Hbond substituents is 2. The minimum atomic E-state index is -1.03. The second kappa shape index (κ2) is 6.13. The fraction of sp³-hybridized carbons (Fsp3) is 0.176. The van der Waals surface area contributed by atoms with Crippen LogP contribution in [0.4, 0.5) is 13.2 Å². The first kappa shape index (κ1) is 15.9. The molecule has 2 rings (SSSR count). The summed E-state index contributed by atoms with van der Waals surface area (Å²) in [5.74, 6) is -3.33. The van der Waals surface area contributed by atoms with Crippen LogP contribution in [0.15, 0.2) is 24.3 Å². The van der Waals surface area contributed by atoms with Crippen LogP contribution in [0.2, 0.25) is 0 Å². The SMILES string of the molecule is CC(C)c1c(O)cc(C=Cc2c(F)cc(F)cc2F)cc1O.